The van der Waals surface area contributed by atoms with Crippen molar-refractivity contribution in [2.75, 3.05) is 11.9 Å². The molecule has 100 valence electrons. The van der Waals surface area contributed by atoms with Crippen LogP contribution >= 0.6 is 11.6 Å². The van der Waals surface area contributed by atoms with Crippen LogP contribution in [0.1, 0.15) is 31.7 Å². The van der Waals surface area contributed by atoms with Crippen molar-refractivity contribution in [3.63, 3.8) is 0 Å². The third-order valence-electron chi connectivity index (χ3n) is 2.56. The molecule has 6 heteroatoms. The van der Waals surface area contributed by atoms with Gasteiger partial charge < -0.3 is 10.6 Å². The summed E-state index contributed by atoms with van der Waals surface area (Å²) in [6.07, 6.45) is 0.905. The minimum atomic E-state index is -0.398. The van der Waals surface area contributed by atoms with Crippen molar-refractivity contribution >= 4 is 23.3 Å². The average molecular weight is 271 g/mol. The van der Waals surface area contributed by atoms with Crippen LogP contribution in [0.15, 0.2) is 0 Å². The van der Waals surface area contributed by atoms with Gasteiger partial charge in [-0.1, -0.05) is 18.5 Å². The Morgan fingerprint density at radius 3 is 2.56 bits per heavy atom. The molecule has 1 aromatic heterocycles. The second-order valence-corrected chi connectivity index (χ2v) is 4.55. The van der Waals surface area contributed by atoms with Crippen LogP contribution in [0.25, 0.3) is 0 Å². The molecule has 0 radical (unpaired) electrons. The Hall–Kier alpha value is -1.36. The number of rotatable bonds is 5. The summed E-state index contributed by atoms with van der Waals surface area (Å²) in [6.45, 7) is 8.13. The first kappa shape index (κ1) is 14.7. The van der Waals surface area contributed by atoms with E-state index in [1.54, 1.807) is 6.92 Å². The number of nitrogens with one attached hydrogen (secondary N) is 2. The number of anilines is 1. The topological polar surface area (TPSA) is 66.9 Å². The van der Waals surface area contributed by atoms with E-state index in [0.717, 1.165) is 17.8 Å². The van der Waals surface area contributed by atoms with E-state index in [1.807, 2.05) is 20.8 Å². The van der Waals surface area contributed by atoms with Crippen molar-refractivity contribution in [3.8, 4) is 0 Å². The number of nitrogens with zero attached hydrogens (tertiary/aromatic N) is 2. The van der Waals surface area contributed by atoms with Crippen LogP contribution < -0.4 is 10.6 Å². The van der Waals surface area contributed by atoms with Gasteiger partial charge in [0.15, 0.2) is 11.0 Å². The monoisotopic (exact) mass is 270 g/mol. The molecule has 0 fully saturated rings. The minimum absolute atomic E-state index is 0.0760. The fourth-order valence-corrected chi connectivity index (χ4v) is 1.56. The zero-order valence-electron chi connectivity index (χ0n) is 11.2. The third kappa shape index (κ3) is 3.84. The van der Waals surface area contributed by atoms with Gasteiger partial charge in [0.2, 0.25) is 5.91 Å². The fourth-order valence-electron chi connectivity index (χ4n) is 1.34. The second kappa shape index (κ2) is 6.54. The smallest absolute Gasteiger partial charge is 0.242 e. The summed E-state index contributed by atoms with van der Waals surface area (Å²) in [5.74, 6) is 0.367. The van der Waals surface area contributed by atoms with E-state index < -0.39 is 6.04 Å². The summed E-state index contributed by atoms with van der Waals surface area (Å²) >= 11 is 5.99. The van der Waals surface area contributed by atoms with Gasteiger partial charge in [-0.3, -0.25) is 4.79 Å². The molecular formula is C12H19ClN4O. The molecule has 1 unspecified atom stereocenters. The van der Waals surface area contributed by atoms with Crippen LogP contribution in [-0.4, -0.2) is 28.5 Å². The number of halogens is 1. The van der Waals surface area contributed by atoms with E-state index in [1.165, 1.54) is 0 Å². The van der Waals surface area contributed by atoms with Crippen molar-refractivity contribution in [1.29, 1.82) is 0 Å². The van der Waals surface area contributed by atoms with Gasteiger partial charge in [0.25, 0.3) is 0 Å². The predicted octanol–water partition coefficient (Wildman–Crippen LogP) is 2.07. The molecule has 0 spiro atoms. The van der Waals surface area contributed by atoms with E-state index in [9.17, 15) is 4.79 Å². The van der Waals surface area contributed by atoms with Crippen LogP contribution in [0.5, 0.6) is 0 Å². The average Bonchev–Trinajstić information content (AvgIpc) is 2.32. The number of aromatic nitrogens is 2. The summed E-state index contributed by atoms with van der Waals surface area (Å²) in [5.41, 5.74) is 1.58. The molecule has 1 atom stereocenters. The van der Waals surface area contributed by atoms with Crippen LogP contribution in [0, 0.1) is 13.8 Å². The highest BCUT2D eigenvalue weighted by molar-refractivity contribution is 6.31. The maximum Gasteiger partial charge on any atom is 0.242 e. The SMILES string of the molecule is CCCNC(=O)C(C)Nc1nc(C)c(C)nc1Cl. The summed E-state index contributed by atoms with van der Waals surface area (Å²) in [7, 11) is 0. The van der Waals surface area contributed by atoms with Gasteiger partial charge in [0.05, 0.1) is 11.4 Å². The molecule has 0 bridgehead atoms. The molecule has 2 N–H and O–H groups in total. The lowest BCUT2D eigenvalue weighted by Crippen LogP contribution is -2.38. The third-order valence-corrected chi connectivity index (χ3v) is 2.82. The van der Waals surface area contributed by atoms with Gasteiger partial charge in [-0.15, -0.1) is 0 Å². The minimum Gasteiger partial charge on any atom is -0.356 e. The Bertz CT molecular complexity index is 436. The molecule has 0 saturated heterocycles. The van der Waals surface area contributed by atoms with Crippen molar-refractivity contribution < 1.29 is 4.79 Å². The van der Waals surface area contributed by atoms with Crippen LogP contribution in [0.2, 0.25) is 5.15 Å². The molecule has 0 saturated carbocycles. The van der Waals surface area contributed by atoms with Gasteiger partial charge in [-0.25, -0.2) is 9.97 Å². The lowest BCUT2D eigenvalue weighted by atomic mass is 10.3. The maximum atomic E-state index is 11.7. The molecule has 1 aromatic rings. The molecule has 0 aliphatic carbocycles. The van der Waals surface area contributed by atoms with Gasteiger partial charge >= 0.3 is 0 Å². The molecule has 1 rings (SSSR count). The number of amides is 1. The molecular weight excluding hydrogens is 252 g/mol. The molecule has 18 heavy (non-hydrogen) atoms. The van der Waals surface area contributed by atoms with Crippen LogP contribution in [0.4, 0.5) is 5.82 Å². The first-order chi connectivity index (χ1) is 8.45. The normalized spacial score (nSPS) is 12.1. The van der Waals surface area contributed by atoms with Gasteiger partial charge in [-0.2, -0.15) is 0 Å². The summed E-state index contributed by atoms with van der Waals surface area (Å²) in [6, 6.07) is -0.398. The Morgan fingerprint density at radius 2 is 1.94 bits per heavy atom. The standard InChI is InChI=1S/C12H19ClN4O/c1-5-6-14-12(18)9(4)17-11-10(13)15-7(2)8(3)16-11/h9H,5-6H2,1-4H3,(H,14,18)(H,16,17). The Balaban J connectivity index is 2.72. The maximum absolute atomic E-state index is 11.7. The molecule has 1 heterocycles. The van der Waals surface area contributed by atoms with Gasteiger partial charge in [0, 0.05) is 6.54 Å². The largest absolute Gasteiger partial charge is 0.356 e. The summed E-state index contributed by atoms with van der Waals surface area (Å²) < 4.78 is 0. The van der Waals surface area contributed by atoms with E-state index in [4.69, 9.17) is 11.6 Å². The molecule has 5 nitrogen and oxygen atoms in total. The number of hydrogen-bond donors (Lipinski definition) is 2. The number of carbonyl (C=O) groups excluding carboxylic acids is 1. The van der Waals surface area contributed by atoms with Crippen LogP contribution in [-0.2, 0) is 4.79 Å². The van der Waals surface area contributed by atoms with Crippen molar-refractivity contribution in [2.24, 2.45) is 0 Å². The summed E-state index contributed by atoms with van der Waals surface area (Å²) in [5, 5.41) is 6.06. The first-order valence-corrected chi connectivity index (χ1v) is 6.38. The first-order valence-electron chi connectivity index (χ1n) is 6.00. The van der Waals surface area contributed by atoms with Crippen molar-refractivity contribution in [1.82, 2.24) is 15.3 Å². The number of hydrogen-bond acceptors (Lipinski definition) is 4. The highest BCUT2D eigenvalue weighted by atomic mass is 35.5. The Morgan fingerprint density at radius 1 is 1.33 bits per heavy atom. The number of aryl methyl sites for hydroxylation is 2. The van der Waals surface area contributed by atoms with Gasteiger partial charge in [0.1, 0.15) is 6.04 Å². The highest BCUT2D eigenvalue weighted by Gasteiger charge is 2.15. The van der Waals surface area contributed by atoms with Crippen molar-refractivity contribution in [3.05, 3.63) is 16.5 Å². The van der Waals surface area contributed by atoms with E-state index >= 15 is 0 Å². The highest BCUT2D eigenvalue weighted by Crippen LogP contribution is 2.19. The summed E-state index contributed by atoms with van der Waals surface area (Å²) in [4.78, 5) is 20.2. The van der Waals surface area contributed by atoms with Crippen LogP contribution in [0.3, 0.4) is 0 Å². The van der Waals surface area contributed by atoms with E-state index in [-0.39, 0.29) is 11.1 Å². The zero-order chi connectivity index (χ0) is 13.7. The molecule has 0 aliphatic heterocycles. The van der Waals surface area contributed by atoms with E-state index in [2.05, 4.69) is 20.6 Å². The number of carbonyl (C=O) groups is 1. The van der Waals surface area contributed by atoms with Gasteiger partial charge in [-0.05, 0) is 27.2 Å². The molecule has 0 aliphatic rings. The fraction of sp³-hybridized carbons (Fsp3) is 0.583. The zero-order valence-corrected chi connectivity index (χ0v) is 11.9. The Labute approximate surface area is 112 Å². The quantitative estimate of drug-likeness (QED) is 0.860. The predicted molar refractivity (Wildman–Crippen MR) is 72.9 cm³/mol. The second-order valence-electron chi connectivity index (χ2n) is 4.19. The molecule has 1 amide bonds. The Kier molecular flexibility index (Phi) is 5.34. The lowest BCUT2D eigenvalue weighted by Gasteiger charge is -2.15. The van der Waals surface area contributed by atoms with Crippen molar-refractivity contribution in [2.45, 2.75) is 40.2 Å². The lowest BCUT2D eigenvalue weighted by molar-refractivity contribution is -0.121. The van der Waals surface area contributed by atoms with E-state index in [0.29, 0.717) is 12.4 Å². The molecule has 0 aromatic carbocycles.